The van der Waals surface area contributed by atoms with Crippen molar-refractivity contribution >= 4 is 85.7 Å². The fraction of sp³-hybridized carbons (Fsp3) is 0.574. The third-order valence-electron chi connectivity index (χ3n) is 15.6. The number of hydrogen-bond acceptors (Lipinski definition) is 23. The predicted octanol–water partition coefficient (Wildman–Crippen LogP) is 0.481. The number of unbranched alkanes of at least 4 members (excludes halogenated alkanes) is 1. The minimum atomic E-state index is -4.08. The number of Topliss-reactive ketones (excluding diaryl/α,β-unsaturated/α-hetero) is 1. The molecule has 0 radical (unpaired) electrons. The summed E-state index contributed by atoms with van der Waals surface area (Å²) in [5.41, 5.74) is 2.41. The fourth-order valence-electron chi connectivity index (χ4n) is 10.5. The Bertz CT molecular complexity index is 3290. The monoisotopic (exact) mass is 1380 g/mol. The molecule has 528 valence electrons. The molecule has 35 heteroatoms. The summed E-state index contributed by atoms with van der Waals surface area (Å²) in [6, 6.07) is 9.19. The molecule has 0 spiro atoms. The van der Waals surface area contributed by atoms with Gasteiger partial charge in [0.1, 0.15) is 29.7 Å². The van der Waals surface area contributed by atoms with Crippen molar-refractivity contribution in [3.05, 3.63) is 77.1 Å². The minimum Gasteiger partial charge on any atom is -0.508 e. The molecule has 0 bridgehead atoms. The summed E-state index contributed by atoms with van der Waals surface area (Å²) in [5.74, 6) is -9.02. The molecule has 0 aliphatic carbocycles. The van der Waals surface area contributed by atoms with Crippen LogP contribution in [-0.4, -0.2) is 243 Å². The number of nitrogens with one attached hydrogen (secondary N) is 5. The van der Waals surface area contributed by atoms with Crippen molar-refractivity contribution in [3.63, 3.8) is 0 Å². The molecule has 1 unspecified atom stereocenters. The number of carboxylic acid groups (broad SMARTS) is 4. The van der Waals surface area contributed by atoms with Crippen molar-refractivity contribution in [2.45, 2.75) is 138 Å². The van der Waals surface area contributed by atoms with Gasteiger partial charge in [0.25, 0.3) is 10.0 Å². The van der Waals surface area contributed by atoms with E-state index >= 15 is 0 Å². The zero-order valence-corrected chi connectivity index (χ0v) is 55.5. The third kappa shape index (κ3) is 29.3. The van der Waals surface area contributed by atoms with Gasteiger partial charge in [0.05, 0.1) is 58.0 Å². The number of rotatable bonds is 42. The van der Waals surface area contributed by atoms with E-state index in [0.29, 0.717) is 108 Å². The number of aromatic nitrogens is 5. The summed E-state index contributed by atoms with van der Waals surface area (Å²) in [5, 5.41) is 81.4. The minimum absolute atomic E-state index is 0.0181. The first-order valence-electron chi connectivity index (χ1n) is 31.5. The highest BCUT2D eigenvalue weighted by Gasteiger charge is 2.33. The number of carbonyl (C=O) groups excluding carboxylic acids is 6. The second kappa shape index (κ2) is 40.2. The van der Waals surface area contributed by atoms with E-state index in [1.807, 2.05) is 47.9 Å². The van der Waals surface area contributed by atoms with Gasteiger partial charge in [0.15, 0.2) is 0 Å². The summed E-state index contributed by atoms with van der Waals surface area (Å²) in [7, 11) is -4.08. The zero-order valence-electron chi connectivity index (χ0n) is 53.9. The van der Waals surface area contributed by atoms with Gasteiger partial charge in [-0.15, -0.1) is 15.3 Å². The van der Waals surface area contributed by atoms with Crippen LogP contribution >= 0.6 is 11.3 Å². The van der Waals surface area contributed by atoms with Crippen molar-refractivity contribution in [2.75, 3.05) is 97.2 Å². The molecule has 96 heavy (non-hydrogen) atoms. The van der Waals surface area contributed by atoms with Gasteiger partial charge >= 0.3 is 23.9 Å². The Morgan fingerprint density at radius 3 is 1.76 bits per heavy atom. The number of amides is 5. The van der Waals surface area contributed by atoms with Crippen molar-refractivity contribution in [1.82, 2.24) is 61.2 Å². The van der Waals surface area contributed by atoms with Gasteiger partial charge in [-0.2, -0.15) is 0 Å². The van der Waals surface area contributed by atoms with Gasteiger partial charge in [0, 0.05) is 70.2 Å². The molecule has 2 aromatic carbocycles. The highest BCUT2D eigenvalue weighted by molar-refractivity contribution is 7.91. The molecule has 4 aromatic rings. The number of aromatic hydroxyl groups is 1. The van der Waals surface area contributed by atoms with Crippen LogP contribution in [0.25, 0.3) is 0 Å². The van der Waals surface area contributed by atoms with E-state index in [1.165, 1.54) is 12.1 Å². The Balaban J connectivity index is 1.10. The number of hydrogen-bond donors (Lipinski definition) is 11. The maximum Gasteiger partial charge on any atom is 0.326 e. The number of aliphatic carboxylic acids is 4. The Kier molecular flexibility index (Phi) is 32.8. The number of ketones is 1. The van der Waals surface area contributed by atoms with E-state index in [2.05, 4.69) is 47.1 Å². The second-order valence-corrected chi connectivity index (χ2v) is 26.2. The number of ether oxygens (including phenoxy) is 2. The quantitative estimate of drug-likeness (QED) is 0.0212. The lowest BCUT2D eigenvalue weighted by Crippen LogP contribution is -2.51. The lowest BCUT2D eigenvalue weighted by molar-refractivity contribution is -0.145. The molecule has 0 saturated carbocycles. The van der Waals surface area contributed by atoms with Crippen molar-refractivity contribution in [2.24, 2.45) is 5.14 Å². The molecule has 5 rings (SSSR count). The van der Waals surface area contributed by atoms with Crippen LogP contribution in [0.15, 0.2) is 59.1 Å². The van der Waals surface area contributed by atoms with Crippen LogP contribution in [0, 0.1) is 6.92 Å². The number of sulfonamides is 1. The average molecular weight is 1390 g/mol. The standard InChI is InChI=1S/C61H88N14O19S2/c1-41-13-15-42(16-14-41)61(2,43-17-19-45(76)20-18-43)22-21-51(79)65-48(57(87)88)35-53(81)66-49(58(89)90)36-52(80)64-47(11-3-4-28-75-37-44(68-71-75)9-5-12-50(78)67-59-69-70-60(95-59)96(62,91)92)56(86)63-23-32-94-34-33-93-31-6-10-46(77)38-73-26-7-24-72(39-54(82)83)25-8-27-74(30-29-73)40-55(84)85/h13-20,37,47-49,76H,3-12,21-36,38-40H2,1-2H3,(H,63,86)(H,64,80)(H,65,79)(H,66,81)(H,82,83)(H,84,85)(H,87,88)(H,89,90)(H2,62,91,92)(H,67,69,78)/t47-,48-,49-,61?/m0/s1. The van der Waals surface area contributed by atoms with Gasteiger partial charge in [-0.1, -0.05) is 65.4 Å². The number of anilines is 1. The van der Waals surface area contributed by atoms with Crippen LogP contribution in [0.3, 0.4) is 0 Å². The number of carboxylic acids is 4. The largest absolute Gasteiger partial charge is 0.508 e. The predicted molar refractivity (Wildman–Crippen MR) is 345 cm³/mol. The highest BCUT2D eigenvalue weighted by atomic mass is 32.2. The van der Waals surface area contributed by atoms with Gasteiger partial charge < -0.3 is 61.6 Å². The van der Waals surface area contributed by atoms with E-state index in [-0.39, 0.29) is 101 Å². The normalized spacial score (nSPS) is 15.2. The molecule has 1 aliphatic rings. The Morgan fingerprint density at radius 1 is 0.635 bits per heavy atom. The van der Waals surface area contributed by atoms with E-state index in [0.717, 1.165) is 16.7 Å². The summed E-state index contributed by atoms with van der Waals surface area (Å²) in [6.07, 6.45) is 3.28. The number of phenols is 1. The lowest BCUT2D eigenvalue weighted by Gasteiger charge is -2.31. The van der Waals surface area contributed by atoms with Crippen LogP contribution in [0.4, 0.5) is 5.13 Å². The smallest absolute Gasteiger partial charge is 0.326 e. The van der Waals surface area contributed by atoms with Crippen LogP contribution in [0.1, 0.15) is 113 Å². The van der Waals surface area contributed by atoms with Gasteiger partial charge in [-0.3, -0.25) is 57.7 Å². The van der Waals surface area contributed by atoms with Crippen LogP contribution in [0.2, 0.25) is 0 Å². The molecule has 12 N–H and O–H groups in total. The first-order chi connectivity index (χ1) is 45.6. The van der Waals surface area contributed by atoms with Crippen molar-refractivity contribution in [1.29, 1.82) is 0 Å². The first-order valence-corrected chi connectivity index (χ1v) is 33.8. The van der Waals surface area contributed by atoms with Crippen molar-refractivity contribution in [3.8, 4) is 5.75 Å². The van der Waals surface area contributed by atoms with Crippen LogP contribution in [0.5, 0.6) is 5.75 Å². The highest BCUT2D eigenvalue weighted by Crippen LogP contribution is 2.37. The van der Waals surface area contributed by atoms with E-state index in [4.69, 9.17) is 14.6 Å². The number of carbonyl (C=O) groups is 10. The Labute approximate surface area is 559 Å². The maximum absolute atomic E-state index is 13.7. The molecule has 4 atom stereocenters. The SMILES string of the molecule is Cc1ccc(C(C)(CCC(=O)N[C@@H](CC(=O)N[C@@H](CC(=O)N[C@@H](CCCCn2cc(CCCC(=O)Nc3nnc(S(N)(=O)=O)s3)nn2)C(=O)NCCOCCOCCCC(=O)CN2CCCN(CC(=O)O)CCCN(CC(=O)O)CC2)C(=O)O)C(=O)O)c2ccc(O)cc2)cc1. The fourth-order valence-corrected chi connectivity index (χ4v) is 11.8. The molecular weight excluding hydrogens is 1300 g/mol. The first kappa shape index (κ1) is 78.2. The molecule has 1 saturated heterocycles. The summed E-state index contributed by atoms with van der Waals surface area (Å²) in [4.78, 5) is 133. The number of nitrogens with two attached hydrogens (primary N) is 1. The number of aryl methyl sites for hydroxylation is 3. The summed E-state index contributed by atoms with van der Waals surface area (Å²) >= 11 is 0.608. The molecule has 5 amide bonds. The van der Waals surface area contributed by atoms with Gasteiger partial charge in [-0.25, -0.2) is 23.1 Å². The summed E-state index contributed by atoms with van der Waals surface area (Å²) in [6.45, 7) is 7.47. The topological polar surface area (TPSA) is 477 Å². The number of benzene rings is 2. The Hall–Kier alpha value is -8.45. The number of phenolic OH excluding ortho intramolecular Hbond substituents is 1. The second-order valence-electron chi connectivity index (χ2n) is 23.5. The van der Waals surface area contributed by atoms with Gasteiger partial charge in [-0.05, 0) is 108 Å². The molecule has 1 aliphatic heterocycles. The van der Waals surface area contributed by atoms with E-state index in [1.54, 1.807) is 27.9 Å². The van der Waals surface area contributed by atoms with E-state index in [9.17, 15) is 81.9 Å². The maximum atomic E-state index is 13.7. The molecular formula is C61H88N14O19S2. The average Bonchev–Trinajstić information content (AvgIpc) is 2.30. The summed E-state index contributed by atoms with van der Waals surface area (Å²) < 4.78 is 35.4. The zero-order chi connectivity index (χ0) is 70.2. The lowest BCUT2D eigenvalue weighted by atomic mass is 9.73. The van der Waals surface area contributed by atoms with Crippen LogP contribution in [-0.2, 0) is 85.8 Å². The number of primary sulfonamides is 1. The molecule has 1 fully saturated rings. The third-order valence-corrected chi connectivity index (χ3v) is 17.7. The Morgan fingerprint density at radius 2 is 1.19 bits per heavy atom. The van der Waals surface area contributed by atoms with E-state index < -0.39 is 104 Å². The van der Waals surface area contributed by atoms with Crippen molar-refractivity contribution < 1.29 is 91.4 Å². The van der Waals surface area contributed by atoms with Gasteiger partial charge in [0.2, 0.25) is 39.0 Å². The molecule has 3 heterocycles. The molecule has 2 aromatic heterocycles. The molecule has 33 nitrogen and oxygen atoms in total. The van der Waals surface area contributed by atoms with Crippen LogP contribution < -0.4 is 31.7 Å². The number of nitrogens with zero attached hydrogens (tertiary/aromatic N) is 8.